The Morgan fingerprint density at radius 3 is 2.35 bits per heavy atom. The van der Waals surface area contributed by atoms with Crippen LogP contribution in [-0.2, 0) is 15.4 Å². The Balaban J connectivity index is 2.11. The smallest absolute Gasteiger partial charge is 0.181 e. The topological polar surface area (TPSA) is 60.2 Å². The third-order valence-electron chi connectivity index (χ3n) is 3.94. The first-order valence-corrected chi connectivity index (χ1v) is 7.71. The molecule has 92 valence electrons. The van der Waals surface area contributed by atoms with Crippen LogP contribution in [0.15, 0.2) is 29.2 Å². The van der Waals surface area contributed by atoms with E-state index in [9.17, 15) is 8.42 Å². The average molecular weight is 251 g/mol. The van der Waals surface area contributed by atoms with Gasteiger partial charge in [-0.15, -0.1) is 0 Å². The fourth-order valence-electron chi connectivity index (χ4n) is 2.51. The minimum absolute atomic E-state index is 0.160. The average Bonchev–Trinajstić information content (AvgIpc) is 3.10. The zero-order valence-corrected chi connectivity index (χ0v) is 10.5. The lowest BCUT2D eigenvalue weighted by Gasteiger charge is -2.39. The Morgan fingerprint density at radius 1 is 1.18 bits per heavy atom. The van der Waals surface area contributed by atoms with Crippen molar-refractivity contribution in [1.29, 1.82) is 0 Å². The van der Waals surface area contributed by atoms with E-state index < -0.39 is 15.4 Å². The lowest BCUT2D eigenvalue weighted by atomic mass is 9.73. The molecule has 0 bridgehead atoms. The number of hydrogen-bond donors (Lipinski definition) is 1. The number of sulfone groups is 1. The highest BCUT2D eigenvalue weighted by atomic mass is 32.2. The maximum atomic E-state index is 12.3. The van der Waals surface area contributed by atoms with Crippen molar-refractivity contribution in [2.24, 2.45) is 5.73 Å². The molecule has 0 aliphatic heterocycles. The fourth-order valence-corrected chi connectivity index (χ4v) is 4.47. The van der Waals surface area contributed by atoms with Crippen molar-refractivity contribution < 1.29 is 8.42 Å². The summed E-state index contributed by atoms with van der Waals surface area (Å²) >= 11 is 0. The highest BCUT2D eigenvalue weighted by Crippen LogP contribution is 2.43. The maximum absolute atomic E-state index is 12.3. The van der Waals surface area contributed by atoms with Crippen LogP contribution in [-0.4, -0.2) is 13.7 Å². The standard InChI is InChI=1S/C13H17NO2S/c14-13(8-3-9-13)11-4-1-2-5-12(11)17(15,16)10-6-7-10/h1-2,4-5,10H,3,6-9,14H2. The van der Waals surface area contributed by atoms with Gasteiger partial charge in [-0.3, -0.25) is 0 Å². The summed E-state index contributed by atoms with van der Waals surface area (Å²) in [5, 5.41) is -0.160. The number of hydrogen-bond acceptors (Lipinski definition) is 3. The first-order valence-electron chi connectivity index (χ1n) is 6.16. The van der Waals surface area contributed by atoms with E-state index in [1.165, 1.54) is 0 Å². The molecule has 0 atom stereocenters. The van der Waals surface area contributed by atoms with Crippen molar-refractivity contribution in [3.63, 3.8) is 0 Å². The van der Waals surface area contributed by atoms with Crippen LogP contribution in [0.5, 0.6) is 0 Å². The molecule has 3 nitrogen and oxygen atoms in total. The molecule has 1 aromatic rings. The van der Waals surface area contributed by atoms with E-state index in [1.54, 1.807) is 12.1 Å². The van der Waals surface area contributed by atoms with Gasteiger partial charge in [0.15, 0.2) is 9.84 Å². The Morgan fingerprint density at radius 2 is 1.82 bits per heavy atom. The van der Waals surface area contributed by atoms with Gasteiger partial charge in [-0.25, -0.2) is 8.42 Å². The van der Waals surface area contributed by atoms with Crippen molar-refractivity contribution in [1.82, 2.24) is 0 Å². The Bertz CT molecular complexity index is 542. The fraction of sp³-hybridized carbons (Fsp3) is 0.538. The molecule has 4 heteroatoms. The predicted molar refractivity (Wildman–Crippen MR) is 66.4 cm³/mol. The van der Waals surface area contributed by atoms with Crippen LogP contribution in [0.4, 0.5) is 0 Å². The quantitative estimate of drug-likeness (QED) is 0.893. The van der Waals surface area contributed by atoms with Crippen LogP contribution < -0.4 is 5.73 Å². The summed E-state index contributed by atoms with van der Waals surface area (Å²) in [6.07, 6.45) is 4.48. The van der Waals surface area contributed by atoms with Crippen molar-refractivity contribution in [3.8, 4) is 0 Å². The Labute approximate surface area is 102 Å². The van der Waals surface area contributed by atoms with Crippen molar-refractivity contribution in [2.45, 2.75) is 47.8 Å². The van der Waals surface area contributed by atoms with E-state index in [4.69, 9.17) is 5.73 Å². The molecule has 0 saturated heterocycles. The normalized spacial score (nSPS) is 23.1. The molecule has 2 aliphatic carbocycles. The van der Waals surface area contributed by atoms with Crippen molar-refractivity contribution in [3.05, 3.63) is 29.8 Å². The minimum atomic E-state index is -3.14. The molecule has 17 heavy (non-hydrogen) atoms. The second kappa shape index (κ2) is 3.56. The van der Waals surface area contributed by atoms with Crippen LogP contribution in [0.25, 0.3) is 0 Å². The summed E-state index contributed by atoms with van der Waals surface area (Å²) in [4.78, 5) is 0.477. The summed E-state index contributed by atoms with van der Waals surface area (Å²) < 4.78 is 24.7. The third-order valence-corrected chi connectivity index (χ3v) is 6.26. The zero-order valence-electron chi connectivity index (χ0n) is 9.72. The second-order valence-electron chi connectivity index (χ2n) is 5.25. The van der Waals surface area contributed by atoms with Crippen LogP contribution in [0.2, 0.25) is 0 Å². The molecular weight excluding hydrogens is 234 g/mol. The third kappa shape index (κ3) is 1.70. The predicted octanol–water partition coefficient (Wildman–Crippen LogP) is 1.96. The molecular formula is C13H17NO2S. The van der Waals surface area contributed by atoms with Crippen LogP contribution in [0.1, 0.15) is 37.7 Å². The monoisotopic (exact) mass is 251 g/mol. The number of nitrogens with two attached hydrogens (primary N) is 1. The Hall–Kier alpha value is -0.870. The van der Waals surface area contributed by atoms with Gasteiger partial charge in [-0.1, -0.05) is 18.2 Å². The number of benzene rings is 1. The molecule has 2 N–H and O–H groups in total. The molecule has 3 rings (SSSR count). The maximum Gasteiger partial charge on any atom is 0.181 e. The zero-order chi connectivity index (χ0) is 12.1. The van der Waals surface area contributed by atoms with Gasteiger partial charge < -0.3 is 5.73 Å². The first kappa shape index (κ1) is 11.2. The summed E-state index contributed by atoms with van der Waals surface area (Å²) in [5.41, 5.74) is 6.71. The molecule has 2 fully saturated rings. The molecule has 2 aliphatic rings. The molecule has 2 saturated carbocycles. The summed E-state index contributed by atoms with van der Waals surface area (Å²) in [6.45, 7) is 0. The van der Waals surface area contributed by atoms with Gasteiger partial charge in [0.25, 0.3) is 0 Å². The van der Waals surface area contributed by atoms with E-state index in [-0.39, 0.29) is 5.25 Å². The summed E-state index contributed by atoms with van der Waals surface area (Å²) in [6, 6.07) is 7.28. The van der Waals surface area contributed by atoms with E-state index in [0.717, 1.165) is 37.7 Å². The molecule has 0 aromatic heterocycles. The van der Waals surface area contributed by atoms with E-state index in [2.05, 4.69) is 0 Å². The van der Waals surface area contributed by atoms with Crippen molar-refractivity contribution in [2.75, 3.05) is 0 Å². The van der Waals surface area contributed by atoms with Crippen LogP contribution >= 0.6 is 0 Å². The first-order chi connectivity index (χ1) is 8.04. The van der Waals surface area contributed by atoms with Crippen molar-refractivity contribution >= 4 is 9.84 Å². The molecule has 0 spiro atoms. The largest absolute Gasteiger partial charge is 0.321 e. The Kier molecular flexibility index (Phi) is 2.35. The molecule has 0 unspecified atom stereocenters. The SMILES string of the molecule is NC1(c2ccccc2S(=O)(=O)C2CC2)CCC1. The van der Waals surface area contributed by atoms with E-state index in [0.29, 0.717) is 4.90 Å². The lowest BCUT2D eigenvalue weighted by Crippen LogP contribution is -2.44. The molecule has 0 amide bonds. The van der Waals surface area contributed by atoms with Crippen LogP contribution in [0.3, 0.4) is 0 Å². The highest BCUT2D eigenvalue weighted by Gasteiger charge is 2.43. The van der Waals surface area contributed by atoms with E-state index >= 15 is 0 Å². The van der Waals surface area contributed by atoms with E-state index in [1.807, 2.05) is 12.1 Å². The van der Waals surface area contributed by atoms with Gasteiger partial charge in [0.1, 0.15) is 0 Å². The van der Waals surface area contributed by atoms with Gasteiger partial charge in [0.2, 0.25) is 0 Å². The highest BCUT2D eigenvalue weighted by molar-refractivity contribution is 7.92. The molecule has 1 aromatic carbocycles. The second-order valence-corrected chi connectivity index (χ2v) is 7.45. The minimum Gasteiger partial charge on any atom is -0.321 e. The summed E-state index contributed by atoms with van der Waals surface area (Å²) in [7, 11) is -3.14. The van der Waals surface area contributed by atoms with Gasteiger partial charge in [-0.05, 0) is 43.7 Å². The van der Waals surface area contributed by atoms with Gasteiger partial charge >= 0.3 is 0 Å². The number of rotatable bonds is 3. The molecule has 0 heterocycles. The van der Waals surface area contributed by atoms with Gasteiger partial charge in [0, 0.05) is 5.54 Å². The molecule has 0 radical (unpaired) electrons. The van der Waals surface area contributed by atoms with Gasteiger partial charge in [-0.2, -0.15) is 0 Å². The summed E-state index contributed by atoms with van der Waals surface area (Å²) in [5.74, 6) is 0. The van der Waals surface area contributed by atoms with Crippen LogP contribution in [0, 0.1) is 0 Å². The lowest BCUT2D eigenvalue weighted by molar-refractivity contribution is 0.249. The van der Waals surface area contributed by atoms with Gasteiger partial charge in [0.05, 0.1) is 10.1 Å².